The molecular formula is C63H56F50O11. The van der Waals surface area contributed by atoms with E-state index >= 15 is 0 Å². The molecule has 2 saturated carbocycles. The molecule has 2 aliphatic rings. The van der Waals surface area contributed by atoms with Crippen LogP contribution in [0.25, 0.3) is 6.08 Å². The Balaban J connectivity index is -0.00000146. The highest BCUT2D eigenvalue weighted by molar-refractivity contribution is 5.94. The number of carbonyl (C=O) groups excluding carboxylic acids is 4. The van der Waals surface area contributed by atoms with Gasteiger partial charge >= 0.3 is 98.8 Å². The molecule has 1 aromatic carbocycles. The fourth-order valence-corrected chi connectivity index (χ4v) is 11.1. The first kappa shape index (κ1) is 121. The van der Waals surface area contributed by atoms with Crippen LogP contribution in [-0.2, 0) is 29.5 Å². The van der Waals surface area contributed by atoms with Crippen LogP contribution in [0.2, 0.25) is 0 Å². The van der Waals surface area contributed by atoms with Gasteiger partial charge in [0.25, 0.3) is 33.6 Å². The summed E-state index contributed by atoms with van der Waals surface area (Å²) in [5, 5.41) is 53.0. The highest BCUT2D eigenvalue weighted by Crippen LogP contribution is 2.66. The van der Waals surface area contributed by atoms with Gasteiger partial charge in [0.2, 0.25) is 0 Å². The topological polar surface area (TPSA) is 199 Å². The molecule has 0 saturated heterocycles. The Morgan fingerprint density at radius 1 is 0.306 bits per heavy atom. The van der Waals surface area contributed by atoms with Gasteiger partial charge in [-0.2, -0.15) is 211 Å². The summed E-state index contributed by atoms with van der Waals surface area (Å²) in [4.78, 5) is 43.6. The molecule has 0 heterocycles. The van der Waals surface area contributed by atoms with Crippen LogP contribution in [0.4, 0.5) is 220 Å². The Kier molecular flexibility index (Phi) is 38.8. The second kappa shape index (κ2) is 40.0. The van der Waals surface area contributed by atoms with Crippen LogP contribution < -0.4 is 0 Å². The first-order valence-corrected chi connectivity index (χ1v) is 31.5. The zero-order chi connectivity index (χ0) is 100. The monoisotopic (exact) mass is 1940 g/mol. The van der Waals surface area contributed by atoms with Crippen LogP contribution in [0, 0.1) is 34.5 Å². The summed E-state index contributed by atoms with van der Waals surface area (Å²) in [5.74, 6) is -22.5. The van der Waals surface area contributed by atoms with Gasteiger partial charge in [0.05, 0.1) is 19.1 Å². The van der Waals surface area contributed by atoms with E-state index in [-0.39, 0.29) is 12.2 Å². The molecule has 724 valence electrons. The van der Waals surface area contributed by atoms with Gasteiger partial charge in [0, 0.05) is 30.2 Å². The number of ether oxygens (including phenoxy) is 1. The van der Waals surface area contributed by atoms with E-state index in [1.807, 2.05) is 0 Å². The summed E-state index contributed by atoms with van der Waals surface area (Å²) in [5.41, 5.74) is -41.2. The molecule has 0 aliphatic heterocycles. The minimum Gasteiger partial charge on any atom is -0.498 e. The number of halogens is 50. The molecular weight excluding hydrogens is 1880 g/mol. The Morgan fingerprint density at radius 3 is 0.734 bits per heavy atom. The van der Waals surface area contributed by atoms with E-state index in [0.717, 1.165) is 12.1 Å². The van der Waals surface area contributed by atoms with Crippen molar-refractivity contribution in [2.75, 3.05) is 6.61 Å². The second-order valence-corrected chi connectivity index (χ2v) is 25.8. The van der Waals surface area contributed by atoms with Gasteiger partial charge < -0.3 is 35.4 Å². The highest BCUT2D eigenvalue weighted by Gasteiger charge is 2.81. The van der Waals surface area contributed by atoms with Gasteiger partial charge in [-0.3, -0.25) is 19.2 Å². The van der Waals surface area contributed by atoms with Crippen LogP contribution in [-0.4, -0.2) is 187 Å². The molecule has 124 heavy (non-hydrogen) atoms. The number of ketones is 4. The molecule has 0 atom stereocenters. The van der Waals surface area contributed by atoms with Gasteiger partial charge in [-0.1, -0.05) is 69.8 Å². The van der Waals surface area contributed by atoms with Crippen LogP contribution in [0.5, 0.6) is 0 Å². The van der Waals surface area contributed by atoms with Crippen molar-refractivity contribution < 1.29 is 274 Å². The van der Waals surface area contributed by atoms with Crippen molar-refractivity contribution in [2.45, 2.75) is 209 Å². The van der Waals surface area contributed by atoms with Crippen LogP contribution in [0.3, 0.4) is 0 Å². The summed E-state index contributed by atoms with van der Waals surface area (Å²) in [6, 6.07) is 3.14. The number of Topliss-reactive ketones (excluding diaryl/α,β-unsaturated/α-hetero) is 2. The first-order chi connectivity index (χ1) is 54.1. The van der Waals surface area contributed by atoms with Crippen molar-refractivity contribution in [2.24, 2.45) is 34.5 Å². The number of allylic oxidation sites excluding steroid dienone is 4. The number of carbonyl (C=O) groups is 4. The smallest absolute Gasteiger partial charge is 0.430 e. The van der Waals surface area contributed by atoms with Gasteiger partial charge in [-0.05, 0) is 80.9 Å². The van der Waals surface area contributed by atoms with E-state index in [4.69, 9.17) is 20.4 Å². The van der Waals surface area contributed by atoms with Crippen molar-refractivity contribution in [3.05, 3.63) is 105 Å². The lowest BCUT2D eigenvalue weighted by Gasteiger charge is -2.47. The summed E-state index contributed by atoms with van der Waals surface area (Å²) >= 11 is 0. The molecule has 0 spiro atoms. The average Bonchev–Trinajstić information content (AvgIpc) is 0.721. The molecule has 0 bridgehead atoms. The number of hydrogen-bond donors (Lipinski definition) is 6. The fourth-order valence-electron chi connectivity index (χ4n) is 11.1. The molecule has 11 nitrogen and oxygen atoms in total. The number of hydrogen-bond acceptors (Lipinski definition) is 11. The van der Waals surface area contributed by atoms with Crippen molar-refractivity contribution in [3.8, 4) is 0 Å². The van der Waals surface area contributed by atoms with Crippen LogP contribution >= 0.6 is 0 Å². The lowest BCUT2D eigenvalue weighted by atomic mass is 9.61. The molecule has 6 N–H and O–H groups in total. The first-order valence-electron chi connectivity index (χ1n) is 31.5. The second-order valence-electron chi connectivity index (χ2n) is 25.8. The summed E-state index contributed by atoms with van der Waals surface area (Å²) in [6.07, 6.45) is -116. The number of alkyl halides is 48. The minimum absolute atomic E-state index is 0.212. The van der Waals surface area contributed by atoms with E-state index < -0.39 is 291 Å². The predicted molar refractivity (Wildman–Crippen MR) is 313 cm³/mol. The predicted octanol–water partition coefficient (Wildman–Crippen LogP) is 22.0. The Hall–Kier alpha value is -7.60. The third kappa shape index (κ3) is 26.5. The van der Waals surface area contributed by atoms with Gasteiger partial charge in [0.15, 0.2) is 45.6 Å². The molecule has 0 unspecified atom stereocenters. The van der Waals surface area contributed by atoms with Gasteiger partial charge in [-0.25, -0.2) is 8.78 Å². The maximum Gasteiger partial charge on any atom is 0.430 e. The van der Waals surface area contributed by atoms with E-state index in [9.17, 15) is 249 Å². The highest BCUT2D eigenvalue weighted by atomic mass is 19.5. The Bertz CT molecular complexity index is 3590. The standard InChI is InChI=1S/C16H15F13O2.C16H16F12O2.C11H8F6O.C7H5F7O2.C7H6F6O2.C6H6F6O2/c1-7(17)10(30)6-11(13(18,19)20,14(21,22)23)8-2-4-9(5-3-8)12(31,15(24,25)26)16(27,28)29;1-2-10(29)7-11(13(17,18)19,14(20,21)22)8-3-5-9(6-4-8)12(30,15(23,24)25)16(26,27)28;1-2-7-3-5-8(6-4-7)9(18,10(12,13)14)11(15,16)17;1-3(8)4(15)2-5(16,6(9,10)11)7(12,13)14;1-2-4(14)3-5(15,6(8,9)10)7(11,12)13;1-2-14-3-4(13,5(7,8)9)6(10,11)12/h8-9,31H,1-6H2;2,8-9,30H,1,3-7H2;2-6,18H,1H2;16H,1-2H2;2,15H,1,3H2;2,13H,1,3H2. The third-order valence-electron chi connectivity index (χ3n) is 18.2. The van der Waals surface area contributed by atoms with E-state index in [1.54, 1.807) is 0 Å². The maximum atomic E-state index is 13.6. The van der Waals surface area contributed by atoms with Crippen molar-refractivity contribution in [1.82, 2.24) is 0 Å². The Morgan fingerprint density at radius 2 is 0.532 bits per heavy atom. The van der Waals surface area contributed by atoms with Crippen molar-refractivity contribution >= 4 is 29.2 Å². The zero-order valence-electron chi connectivity index (χ0n) is 60.0. The molecule has 61 heteroatoms. The van der Waals surface area contributed by atoms with Crippen molar-refractivity contribution in [3.63, 3.8) is 0 Å². The third-order valence-corrected chi connectivity index (χ3v) is 18.2. The molecule has 0 amide bonds. The molecule has 3 rings (SSSR count). The number of benzene rings is 1. The average molecular weight is 1940 g/mol. The lowest BCUT2D eigenvalue weighted by Crippen LogP contribution is -2.63. The summed E-state index contributed by atoms with van der Waals surface area (Å²) in [7, 11) is 0. The summed E-state index contributed by atoms with van der Waals surface area (Å²) in [6.45, 7) is 14.2. The fraction of sp³-hybridized carbons (Fsp3) is 0.651. The molecule has 2 aliphatic carbocycles. The molecule has 2 fully saturated rings. The quantitative estimate of drug-likeness (QED) is 0.0389. The zero-order valence-corrected chi connectivity index (χ0v) is 60.0. The lowest BCUT2D eigenvalue weighted by molar-refractivity contribution is -0.392. The molecule has 0 aromatic heterocycles. The molecule has 0 radical (unpaired) electrons. The number of aliphatic hydroxyl groups is 6. The van der Waals surface area contributed by atoms with E-state index in [1.165, 1.54) is 6.08 Å². The van der Waals surface area contributed by atoms with Crippen LogP contribution in [0.15, 0.2) is 93.8 Å². The van der Waals surface area contributed by atoms with Gasteiger partial charge in [0.1, 0.15) is 6.61 Å². The largest absolute Gasteiger partial charge is 0.498 e. The SMILES string of the molecule is C=C(F)C(=O)CC(C1CCC(C(O)(C(F)(F)F)C(F)(F)F)CC1)(C(F)(F)F)C(F)(F)F.C=C(F)C(=O)CC(O)(C(F)(F)F)C(F)(F)F.C=CC(=O)CC(C1CCC(C(O)(C(F)(F)F)C(F)(F)F)CC1)(C(F)(F)F)C(F)(F)F.C=CC(=O)CC(O)(C(F)(F)F)C(F)(F)F.C=COCC(O)(C(F)(F)F)C(F)(F)F.C=Cc1ccc(C(O)(C(F)(F)F)C(F)(F)F)cc1. The number of rotatable bonds is 21. The maximum absolute atomic E-state index is 13.6. The van der Waals surface area contributed by atoms with Crippen LogP contribution in [0.1, 0.15) is 88.2 Å². The minimum atomic E-state index is -6.31. The summed E-state index contributed by atoms with van der Waals surface area (Å²) < 4.78 is 636. The van der Waals surface area contributed by atoms with E-state index in [0.29, 0.717) is 24.0 Å². The normalized spacial score (nSPS) is 18.1. The van der Waals surface area contributed by atoms with Crippen molar-refractivity contribution in [1.29, 1.82) is 0 Å². The Labute approximate surface area is 658 Å². The van der Waals surface area contributed by atoms with E-state index in [2.05, 4.69) is 44.2 Å². The molecule has 1 aromatic rings. The van der Waals surface area contributed by atoms with Gasteiger partial charge in [-0.15, -0.1) is 0 Å².